The highest BCUT2D eigenvalue weighted by Gasteiger charge is 2.39. The van der Waals surface area contributed by atoms with E-state index in [0.29, 0.717) is 19.4 Å². The summed E-state index contributed by atoms with van der Waals surface area (Å²) in [7, 11) is 0. The van der Waals surface area contributed by atoms with Crippen LogP contribution in [-0.4, -0.2) is 35.7 Å². The molecule has 1 amide bonds. The number of hydrogen-bond donors (Lipinski definition) is 2. The largest absolute Gasteiger partial charge is 0.481 e. The monoisotopic (exact) mass is 255 g/mol. The highest BCUT2D eigenvalue weighted by Crippen LogP contribution is 2.24. The fourth-order valence-corrected chi connectivity index (χ4v) is 2.18. The van der Waals surface area contributed by atoms with Crippen LogP contribution in [0.2, 0.25) is 0 Å². The summed E-state index contributed by atoms with van der Waals surface area (Å²) < 4.78 is 5.23. The molecule has 102 valence electrons. The first-order valence-electron chi connectivity index (χ1n) is 6.10. The second-order valence-corrected chi connectivity index (χ2v) is 5.20. The zero-order valence-electron chi connectivity index (χ0n) is 11.0. The first-order valence-corrected chi connectivity index (χ1v) is 6.10. The Kier molecular flexibility index (Phi) is 4.90. The van der Waals surface area contributed by atoms with Gasteiger partial charge in [-0.3, -0.25) is 9.59 Å². The van der Waals surface area contributed by atoms with Crippen molar-refractivity contribution in [2.24, 2.45) is 5.92 Å². The molecule has 0 aromatic heterocycles. The molecular formula is C13H21NO4. The van der Waals surface area contributed by atoms with Crippen molar-refractivity contribution in [2.45, 2.75) is 38.6 Å². The number of carbonyl (C=O) groups is 2. The van der Waals surface area contributed by atoms with Gasteiger partial charge in [-0.25, -0.2) is 0 Å². The van der Waals surface area contributed by atoms with E-state index in [1.54, 1.807) is 0 Å². The second-order valence-electron chi connectivity index (χ2n) is 5.20. The minimum absolute atomic E-state index is 0.0987. The summed E-state index contributed by atoms with van der Waals surface area (Å²) in [6.07, 6.45) is 1.05. The van der Waals surface area contributed by atoms with Gasteiger partial charge in [0, 0.05) is 12.5 Å². The summed E-state index contributed by atoms with van der Waals surface area (Å²) in [6, 6.07) is 0. The Balaban J connectivity index is 2.63. The molecule has 1 heterocycles. The van der Waals surface area contributed by atoms with Gasteiger partial charge in [0.1, 0.15) is 0 Å². The van der Waals surface area contributed by atoms with Crippen LogP contribution in [0.25, 0.3) is 0 Å². The summed E-state index contributed by atoms with van der Waals surface area (Å²) >= 11 is 0. The van der Waals surface area contributed by atoms with Crippen molar-refractivity contribution in [3.05, 3.63) is 12.2 Å². The van der Waals surface area contributed by atoms with Crippen molar-refractivity contribution >= 4 is 11.9 Å². The van der Waals surface area contributed by atoms with Gasteiger partial charge >= 0.3 is 5.97 Å². The lowest BCUT2D eigenvalue weighted by molar-refractivity contribution is -0.139. The quantitative estimate of drug-likeness (QED) is 0.702. The minimum Gasteiger partial charge on any atom is -0.481 e. The van der Waals surface area contributed by atoms with Gasteiger partial charge < -0.3 is 15.2 Å². The van der Waals surface area contributed by atoms with E-state index in [9.17, 15) is 9.59 Å². The lowest BCUT2D eigenvalue weighted by Crippen LogP contribution is -2.52. The van der Waals surface area contributed by atoms with Crippen LogP contribution in [0.4, 0.5) is 0 Å². The second kappa shape index (κ2) is 6.00. The molecule has 0 bridgehead atoms. The van der Waals surface area contributed by atoms with Crippen molar-refractivity contribution < 1.29 is 19.4 Å². The lowest BCUT2D eigenvalue weighted by Gasteiger charge is -2.28. The summed E-state index contributed by atoms with van der Waals surface area (Å²) in [6.45, 7) is 8.22. The van der Waals surface area contributed by atoms with Gasteiger partial charge in [-0.1, -0.05) is 12.5 Å². The van der Waals surface area contributed by atoms with Gasteiger partial charge in [-0.2, -0.15) is 0 Å². The van der Waals surface area contributed by atoms with Gasteiger partial charge in [-0.15, -0.1) is 6.58 Å². The average molecular weight is 255 g/mol. The van der Waals surface area contributed by atoms with Gasteiger partial charge in [0.15, 0.2) is 0 Å². The summed E-state index contributed by atoms with van der Waals surface area (Å²) in [5, 5.41) is 11.8. The molecule has 18 heavy (non-hydrogen) atoms. The number of carbonyl (C=O) groups excluding carboxylic acids is 1. The molecule has 2 N–H and O–H groups in total. The third-order valence-electron chi connectivity index (χ3n) is 3.08. The number of carboxylic acids is 1. The van der Waals surface area contributed by atoms with Crippen LogP contribution in [0.5, 0.6) is 0 Å². The third kappa shape index (κ3) is 4.14. The van der Waals surface area contributed by atoms with Gasteiger partial charge in [0.25, 0.3) is 0 Å². The van der Waals surface area contributed by atoms with E-state index in [2.05, 4.69) is 11.9 Å². The van der Waals surface area contributed by atoms with E-state index >= 15 is 0 Å². The van der Waals surface area contributed by atoms with Crippen molar-refractivity contribution in [1.29, 1.82) is 0 Å². The fourth-order valence-electron chi connectivity index (χ4n) is 2.18. The molecule has 1 saturated heterocycles. The summed E-state index contributed by atoms with van der Waals surface area (Å²) in [4.78, 5) is 22.9. The van der Waals surface area contributed by atoms with Crippen LogP contribution in [0.1, 0.15) is 33.1 Å². The Morgan fingerprint density at radius 3 is 2.67 bits per heavy atom. The van der Waals surface area contributed by atoms with Crippen molar-refractivity contribution in [3.63, 3.8) is 0 Å². The number of amides is 1. The normalized spacial score (nSPS) is 24.6. The lowest BCUT2D eigenvalue weighted by atomic mass is 9.92. The number of allylic oxidation sites excluding steroid dienone is 1. The zero-order valence-corrected chi connectivity index (χ0v) is 11.0. The molecule has 0 spiro atoms. The predicted octanol–water partition coefficient (Wildman–Crippen LogP) is 1.34. The minimum atomic E-state index is -0.923. The molecule has 1 aliphatic rings. The van der Waals surface area contributed by atoms with Crippen LogP contribution >= 0.6 is 0 Å². The highest BCUT2D eigenvalue weighted by molar-refractivity contribution is 5.80. The molecule has 2 atom stereocenters. The number of hydrogen-bond acceptors (Lipinski definition) is 3. The number of carboxylic acid groups (broad SMARTS) is 1. The Morgan fingerprint density at radius 2 is 2.22 bits per heavy atom. The van der Waals surface area contributed by atoms with E-state index in [0.717, 1.165) is 5.57 Å². The van der Waals surface area contributed by atoms with Gasteiger partial charge in [-0.05, 0) is 19.8 Å². The molecule has 1 rings (SSSR count). The maximum absolute atomic E-state index is 12.0. The van der Waals surface area contributed by atoms with Crippen LogP contribution in [-0.2, 0) is 14.3 Å². The van der Waals surface area contributed by atoms with E-state index in [-0.39, 0.29) is 24.9 Å². The topological polar surface area (TPSA) is 75.6 Å². The van der Waals surface area contributed by atoms with Gasteiger partial charge in [0.05, 0.1) is 18.6 Å². The van der Waals surface area contributed by atoms with Crippen molar-refractivity contribution in [1.82, 2.24) is 5.32 Å². The fraction of sp³-hybridized carbons (Fsp3) is 0.692. The number of aliphatic carboxylic acids is 1. The molecule has 1 aliphatic heterocycles. The van der Waals surface area contributed by atoms with Crippen molar-refractivity contribution in [2.75, 3.05) is 13.2 Å². The molecule has 5 nitrogen and oxygen atoms in total. The molecule has 5 heteroatoms. The first kappa shape index (κ1) is 14.7. The summed E-state index contributed by atoms with van der Waals surface area (Å²) in [5.41, 5.74) is 0.194. The smallest absolute Gasteiger partial charge is 0.305 e. The van der Waals surface area contributed by atoms with Crippen LogP contribution in [0.3, 0.4) is 0 Å². The molecule has 1 fully saturated rings. The number of ether oxygens (including phenoxy) is 1. The number of rotatable bonds is 6. The van der Waals surface area contributed by atoms with E-state index in [1.165, 1.54) is 0 Å². The Hall–Kier alpha value is -1.36. The maximum atomic E-state index is 12.0. The van der Waals surface area contributed by atoms with Gasteiger partial charge in [0.2, 0.25) is 5.91 Å². The Bertz CT molecular complexity index is 345. The van der Waals surface area contributed by atoms with E-state index in [1.807, 2.05) is 13.8 Å². The molecule has 0 aliphatic carbocycles. The average Bonchev–Trinajstić information content (AvgIpc) is 2.63. The maximum Gasteiger partial charge on any atom is 0.305 e. The summed E-state index contributed by atoms with van der Waals surface area (Å²) in [5.74, 6) is -1.26. The highest BCUT2D eigenvalue weighted by atomic mass is 16.5. The van der Waals surface area contributed by atoms with Crippen LogP contribution in [0, 0.1) is 5.92 Å². The van der Waals surface area contributed by atoms with E-state index < -0.39 is 11.5 Å². The van der Waals surface area contributed by atoms with E-state index in [4.69, 9.17) is 9.84 Å². The number of nitrogens with one attached hydrogen (secondary N) is 1. The first-order chi connectivity index (χ1) is 8.34. The third-order valence-corrected chi connectivity index (χ3v) is 3.08. The standard InChI is InChI=1S/C13H21NO4/c1-9(2)6-10(3)12(17)14-13(7-11(15)16)4-5-18-8-13/h10H,1,4-8H2,2-3H3,(H,14,17)(H,15,16). The molecule has 0 aromatic rings. The molecule has 0 radical (unpaired) electrons. The Labute approximate surface area is 107 Å². The van der Waals surface area contributed by atoms with Crippen LogP contribution < -0.4 is 5.32 Å². The zero-order chi connectivity index (χ0) is 13.8. The SMILES string of the molecule is C=C(C)CC(C)C(=O)NC1(CC(=O)O)CCOC1. The van der Waals surface area contributed by atoms with Crippen LogP contribution in [0.15, 0.2) is 12.2 Å². The van der Waals surface area contributed by atoms with Crippen molar-refractivity contribution in [3.8, 4) is 0 Å². The molecule has 0 aromatic carbocycles. The predicted molar refractivity (Wildman–Crippen MR) is 67.2 cm³/mol. The Morgan fingerprint density at radius 1 is 1.56 bits per heavy atom. The molecule has 2 unspecified atom stereocenters. The molecular weight excluding hydrogens is 234 g/mol. The molecule has 0 saturated carbocycles.